The highest BCUT2D eigenvalue weighted by molar-refractivity contribution is 7.98. The van der Waals surface area contributed by atoms with E-state index in [-0.39, 0.29) is 5.75 Å². The molecule has 2 heterocycles. The lowest BCUT2D eigenvalue weighted by Crippen LogP contribution is -2.34. The standard InChI is InChI=1S/C14H17F2NO2S2/c1-14(18,10-4-5-20-7-10)9-17-6-11-2-3-12(19-11)8-21-13(15)16/h2-5,7,13,17-18H,6,8-9H2,1H3. The molecule has 0 bridgehead atoms. The fourth-order valence-corrected chi connectivity index (χ4v) is 3.07. The molecule has 0 aliphatic heterocycles. The molecule has 0 aromatic carbocycles. The maximum Gasteiger partial charge on any atom is 0.284 e. The van der Waals surface area contributed by atoms with Crippen molar-refractivity contribution in [2.24, 2.45) is 0 Å². The van der Waals surface area contributed by atoms with Crippen molar-refractivity contribution in [3.05, 3.63) is 46.0 Å². The lowest BCUT2D eigenvalue weighted by Gasteiger charge is -2.22. The summed E-state index contributed by atoms with van der Waals surface area (Å²) in [5, 5.41) is 17.3. The first-order valence-electron chi connectivity index (χ1n) is 6.40. The van der Waals surface area contributed by atoms with Gasteiger partial charge >= 0.3 is 0 Å². The Morgan fingerprint density at radius 1 is 1.38 bits per heavy atom. The minimum atomic E-state index is -2.39. The second-order valence-electron chi connectivity index (χ2n) is 4.83. The van der Waals surface area contributed by atoms with Crippen LogP contribution in [-0.4, -0.2) is 17.4 Å². The summed E-state index contributed by atoms with van der Waals surface area (Å²) in [6, 6.07) is 5.34. The van der Waals surface area contributed by atoms with Gasteiger partial charge in [-0.15, -0.1) is 0 Å². The minimum Gasteiger partial charge on any atom is -0.464 e. The molecule has 0 saturated heterocycles. The summed E-state index contributed by atoms with van der Waals surface area (Å²) in [6.45, 7) is 2.57. The predicted octanol–water partition coefficient (Wildman–Crippen LogP) is 3.79. The Kier molecular flexibility index (Phi) is 5.80. The van der Waals surface area contributed by atoms with Gasteiger partial charge in [-0.1, -0.05) is 11.8 Å². The van der Waals surface area contributed by atoms with Gasteiger partial charge in [-0.3, -0.25) is 0 Å². The molecule has 7 heteroatoms. The van der Waals surface area contributed by atoms with Gasteiger partial charge in [0.1, 0.15) is 11.5 Å². The van der Waals surface area contributed by atoms with Crippen LogP contribution in [0.1, 0.15) is 24.0 Å². The maximum absolute atomic E-state index is 12.1. The Hall–Kier alpha value is -0.890. The number of hydrogen-bond donors (Lipinski definition) is 2. The number of alkyl halides is 2. The number of aliphatic hydroxyl groups is 1. The molecular formula is C14H17F2NO2S2. The van der Waals surface area contributed by atoms with Gasteiger partial charge in [0.2, 0.25) is 0 Å². The summed E-state index contributed by atoms with van der Waals surface area (Å²) in [7, 11) is 0. The summed E-state index contributed by atoms with van der Waals surface area (Å²) in [5.74, 6) is -1.04. The molecule has 2 N–H and O–H groups in total. The third-order valence-electron chi connectivity index (χ3n) is 2.98. The number of thiophene rings is 1. The first-order valence-corrected chi connectivity index (χ1v) is 8.39. The summed E-state index contributed by atoms with van der Waals surface area (Å²) < 4.78 is 29.6. The Morgan fingerprint density at radius 2 is 2.14 bits per heavy atom. The molecule has 2 rings (SSSR count). The van der Waals surface area contributed by atoms with E-state index in [2.05, 4.69) is 5.32 Å². The van der Waals surface area contributed by atoms with Crippen LogP contribution in [0.2, 0.25) is 0 Å². The second-order valence-corrected chi connectivity index (χ2v) is 6.59. The van der Waals surface area contributed by atoms with Crippen molar-refractivity contribution in [1.82, 2.24) is 5.32 Å². The van der Waals surface area contributed by atoms with Gasteiger partial charge in [-0.25, -0.2) is 0 Å². The average Bonchev–Trinajstić information content (AvgIpc) is 3.08. The van der Waals surface area contributed by atoms with Crippen molar-refractivity contribution in [2.75, 3.05) is 6.54 Å². The SMILES string of the molecule is CC(O)(CNCc1ccc(CSC(F)F)o1)c1ccsc1. The quantitative estimate of drug-likeness (QED) is 0.771. The number of furan rings is 1. The molecule has 1 atom stereocenters. The molecular weight excluding hydrogens is 316 g/mol. The summed E-state index contributed by atoms with van der Waals surface area (Å²) in [6.07, 6.45) is 0. The van der Waals surface area contributed by atoms with Crippen molar-refractivity contribution in [3.63, 3.8) is 0 Å². The van der Waals surface area contributed by atoms with Crippen molar-refractivity contribution in [3.8, 4) is 0 Å². The molecule has 21 heavy (non-hydrogen) atoms. The molecule has 0 aliphatic rings. The van der Waals surface area contributed by atoms with Gasteiger partial charge in [0, 0.05) is 6.54 Å². The van der Waals surface area contributed by atoms with Crippen LogP contribution in [-0.2, 0) is 17.9 Å². The monoisotopic (exact) mass is 333 g/mol. The minimum absolute atomic E-state index is 0.157. The van der Waals surface area contributed by atoms with Gasteiger partial charge in [0.25, 0.3) is 5.76 Å². The first kappa shape index (κ1) is 16.5. The van der Waals surface area contributed by atoms with Crippen molar-refractivity contribution >= 4 is 23.1 Å². The van der Waals surface area contributed by atoms with Crippen molar-refractivity contribution in [2.45, 2.75) is 30.6 Å². The molecule has 2 aromatic heterocycles. The van der Waals surface area contributed by atoms with E-state index in [1.54, 1.807) is 19.1 Å². The van der Waals surface area contributed by atoms with Crippen molar-refractivity contribution in [1.29, 1.82) is 0 Å². The maximum atomic E-state index is 12.1. The van der Waals surface area contributed by atoms with Gasteiger partial charge < -0.3 is 14.8 Å². The fraction of sp³-hybridized carbons (Fsp3) is 0.429. The van der Waals surface area contributed by atoms with Crippen LogP contribution in [0.3, 0.4) is 0 Å². The van der Waals surface area contributed by atoms with Crippen LogP contribution in [0.15, 0.2) is 33.4 Å². The number of hydrogen-bond acceptors (Lipinski definition) is 5. The summed E-state index contributed by atoms with van der Waals surface area (Å²) in [4.78, 5) is 0. The highest BCUT2D eigenvalue weighted by atomic mass is 32.2. The number of halogens is 2. The lowest BCUT2D eigenvalue weighted by molar-refractivity contribution is 0.0566. The molecule has 0 saturated carbocycles. The fourth-order valence-electron chi connectivity index (χ4n) is 1.84. The molecule has 2 aromatic rings. The van der Waals surface area contributed by atoms with Crippen LogP contribution in [0, 0.1) is 0 Å². The molecule has 0 aliphatic carbocycles. The van der Waals surface area contributed by atoms with E-state index >= 15 is 0 Å². The van der Waals surface area contributed by atoms with Crippen LogP contribution in [0.5, 0.6) is 0 Å². The Balaban J connectivity index is 1.78. The Bertz CT molecular complexity index is 541. The molecule has 0 spiro atoms. The van der Waals surface area contributed by atoms with Crippen LogP contribution in [0.25, 0.3) is 0 Å². The van der Waals surface area contributed by atoms with E-state index in [1.165, 1.54) is 11.3 Å². The third kappa shape index (κ3) is 5.10. The second kappa shape index (κ2) is 7.40. The van der Waals surface area contributed by atoms with E-state index in [4.69, 9.17) is 4.42 Å². The molecule has 0 amide bonds. The zero-order valence-corrected chi connectivity index (χ0v) is 13.1. The first-order chi connectivity index (χ1) is 9.97. The molecule has 0 fully saturated rings. The van der Waals surface area contributed by atoms with Gasteiger partial charge in [0.05, 0.1) is 17.9 Å². The lowest BCUT2D eigenvalue weighted by atomic mass is 9.99. The zero-order valence-electron chi connectivity index (χ0n) is 11.5. The molecule has 1 unspecified atom stereocenters. The number of rotatable bonds is 8. The van der Waals surface area contributed by atoms with E-state index < -0.39 is 11.4 Å². The Labute approximate surface area is 130 Å². The largest absolute Gasteiger partial charge is 0.464 e. The van der Waals surface area contributed by atoms with Crippen LogP contribution >= 0.6 is 23.1 Å². The van der Waals surface area contributed by atoms with Gasteiger partial charge in [0.15, 0.2) is 0 Å². The summed E-state index contributed by atoms with van der Waals surface area (Å²) in [5.41, 5.74) is -0.0746. The third-order valence-corrected chi connectivity index (χ3v) is 4.37. The molecule has 116 valence electrons. The van der Waals surface area contributed by atoms with E-state index in [1.807, 2.05) is 16.8 Å². The van der Waals surface area contributed by atoms with Gasteiger partial charge in [-0.05, 0) is 41.4 Å². The molecule has 0 radical (unpaired) electrons. The predicted molar refractivity (Wildman–Crippen MR) is 81.6 cm³/mol. The van der Waals surface area contributed by atoms with Crippen LogP contribution < -0.4 is 5.32 Å². The van der Waals surface area contributed by atoms with E-state index in [0.717, 1.165) is 5.56 Å². The normalized spacial score (nSPS) is 14.5. The zero-order chi connectivity index (χ0) is 15.3. The van der Waals surface area contributed by atoms with E-state index in [9.17, 15) is 13.9 Å². The number of thioether (sulfide) groups is 1. The van der Waals surface area contributed by atoms with E-state index in [0.29, 0.717) is 36.4 Å². The summed E-state index contributed by atoms with van der Waals surface area (Å²) >= 11 is 2.08. The highest BCUT2D eigenvalue weighted by Crippen LogP contribution is 2.23. The van der Waals surface area contributed by atoms with Gasteiger partial charge in [-0.2, -0.15) is 20.1 Å². The number of nitrogens with one attached hydrogen (secondary N) is 1. The molecule has 3 nitrogen and oxygen atoms in total. The highest BCUT2D eigenvalue weighted by Gasteiger charge is 2.22. The average molecular weight is 333 g/mol. The Morgan fingerprint density at radius 3 is 2.81 bits per heavy atom. The topological polar surface area (TPSA) is 45.4 Å². The smallest absolute Gasteiger partial charge is 0.284 e. The van der Waals surface area contributed by atoms with Crippen molar-refractivity contribution < 1.29 is 18.3 Å². The van der Waals surface area contributed by atoms with Crippen LogP contribution in [0.4, 0.5) is 8.78 Å².